The molecular weight excluding hydrogens is 234 g/mol. The molecule has 0 N–H and O–H groups in total. The van der Waals surface area contributed by atoms with Crippen LogP contribution >= 0.6 is 0 Å². The molecule has 6 heteroatoms. The molecule has 0 bridgehead atoms. The number of aromatic nitrogens is 2. The molecule has 2 heterocycles. The van der Waals surface area contributed by atoms with Gasteiger partial charge < -0.3 is 14.4 Å². The summed E-state index contributed by atoms with van der Waals surface area (Å²) < 4.78 is 10.2. The average molecular weight is 251 g/mol. The molecule has 0 radical (unpaired) electrons. The SMILES string of the molecule is CCOC(=O)c1cnc(N2CCOCC2)nc1C. The fraction of sp³-hybridized carbons (Fsp3) is 0.583. The van der Waals surface area contributed by atoms with Gasteiger partial charge in [-0.2, -0.15) is 0 Å². The van der Waals surface area contributed by atoms with Gasteiger partial charge in [0.25, 0.3) is 0 Å². The molecule has 1 saturated heterocycles. The summed E-state index contributed by atoms with van der Waals surface area (Å²) >= 11 is 0. The molecule has 18 heavy (non-hydrogen) atoms. The highest BCUT2D eigenvalue weighted by molar-refractivity contribution is 5.90. The van der Waals surface area contributed by atoms with Gasteiger partial charge in [-0.25, -0.2) is 14.8 Å². The number of hydrogen-bond donors (Lipinski definition) is 0. The lowest BCUT2D eigenvalue weighted by atomic mass is 10.2. The number of hydrogen-bond acceptors (Lipinski definition) is 6. The number of rotatable bonds is 3. The maximum absolute atomic E-state index is 11.6. The second-order valence-electron chi connectivity index (χ2n) is 3.99. The van der Waals surface area contributed by atoms with E-state index in [4.69, 9.17) is 9.47 Å². The lowest BCUT2D eigenvalue weighted by Gasteiger charge is -2.26. The summed E-state index contributed by atoms with van der Waals surface area (Å²) in [5.74, 6) is 0.271. The van der Waals surface area contributed by atoms with Crippen molar-refractivity contribution in [2.24, 2.45) is 0 Å². The van der Waals surface area contributed by atoms with Crippen LogP contribution in [0.25, 0.3) is 0 Å². The summed E-state index contributed by atoms with van der Waals surface area (Å²) in [5.41, 5.74) is 1.07. The van der Waals surface area contributed by atoms with Crippen LogP contribution in [-0.4, -0.2) is 48.8 Å². The summed E-state index contributed by atoms with van der Waals surface area (Å²) in [7, 11) is 0. The molecule has 1 aliphatic rings. The highest BCUT2D eigenvalue weighted by atomic mass is 16.5. The minimum absolute atomic E-state index is 0.351. The summed E-state index contributed by atoms with van der Waals surface area (Å²) in [6.07, 6.45) is 1.53. The van der Waals surface area contributed by atoms with E-state index in [-0.39, 0.29) is 5.97 Å². The molecule has 0 aromatic carbocycles. The molecule has 6 nitrogen and oxygen atoms in total. The molecule has 98 valence electrons. The Hall–Kier alpha value is -1.69. The fourth-order valence-electron chi connectivity index (χ4n) is 1.78. The maximum atomic E-state index is 11.6. The van der Waals surface area contributed by atoms with E-state index in [1.54, 1.807) is 13.8 Å². The topological polar surface area (TPSA) is 64.5 Å². The number of anilines is 1. The van der Waals surface area contributed by atoms with Gasteiger partial charge in [0, 0.05) is 19.3 Å². The van der Waals surface area contributed by atoms with Crippen molar-refractivity contribution in [2.45, 2.75) is 13.8 Å². The zero-order chi connectivity index (χ0) is 13.0. The fourth-order valence-corrected chi connectivity index (χ4v) is 1.78. The van der Waals surface area contributed by atoms with Crippen molar-refractivity contribution in [3.63, 3.8) is 0 Å². The number of carbonyl (C=O) groups excluding carboxylic acids is 1. The van der Waals surface area contributed by atoms with Crippen molar-refractivity contribution in [3.05, 3.63) is 17.5 Å². The number of esters is 1. The van der Waals surface area contributed by atoms with Crippen LogP contribution < -0.4 is 4.90 Å². The van der Waals surface area contributed by atoms with Crippen molar-refractivity contribution < 1.29 is 14.3 Å². The normalized spacial score (nSPS) is 15.6. The third kappa shape index (κ3) is 2.76. The van der Waals surface area contributed by atoms with Gasteiger partial charge in [-0.15, -0.1) is 0 Å². The van der Waals surface area contributed by atoms with Gasteiger partial charge in [-0.3, -0.25) is 0 Å². The monoisotopic (exact) mass is 251 g/mol. The Bertz CT molecular complexity index is 431. The quantitative estimate of drug-likeness (QED) is 0.740. The molecule has 0 aliphatic carbocycles. The largest absolute Gasteiger partial charge is 0.462 e. The number of carbonyl (C=O) groups is 1. The van der Waals surface area contributed by atoms with Crippen LogP contribution in [0.5, 0.6) is 0 Å². The molecule has 0 spiro atoms. The highest BCUT2D eigenvalue weighted by Gasteiger charge is 2.17. The van der Waals surface area contributed by atoms with E-state index < -0.39 is 0 Å². The van der Waals surface area contributed by atoms with Crippen LogP contribution in [-0.2, 0) is 9.47 Å². The van der Waals surface area contributed by atoms with E-state index in [2.05, 4.69) is 9.97 Å². The number of morpholine rings is 1. The Kier molecular flexibility index (Phi) is 4.09. The van der Waals surface area contributed by atoms with Crippen molar-refractivity contribution in [2.75, 3.05) is 37.8 Å². The summed E-state index contributed by atoms with van der Waals surface area (Å²) in [5, 5.41) is 0. The minimum Gasteiger partial charge on any atom is -0.462 e. The lowest BCUT2D eigenvalue weighted by molar-refractivity contribution is 0.0524. The first kappa shape index (κ1) is 12.8. The van der Waals surface area contributed by atoms with E-state index in [0.29, 0.717) is 37.0 Å². The van der Waals surface area contributed by atoms with E-state index >= 15 is 0 Å². The zero-order valence-electron chi connectivity index (χ0n) is 10.7. The summed E-state index contributed by atoms with van der Waals surface area (Å²) in [4.78, 5) is 22.2. The smallest absolute Gasteiger partial charge is 0.341 e. The van der Waals surface area contributed by atoms with E-state index in [9.17, 15) is 4.79 Å². The van der Waals surface area contributed by atoms with Crippen LogP contribution in [0.3, 0.4) is 0 Å². The van der Waals surface area contributed by atoms with Gasteiger partial charge in [0.1, 0.15) is 0 Å². The van der Waals surface area contributed by atoms with Crippen molar-refractivity contribution >= 4 is 11.9 Å². The van der Waals surface area contributed by atoms with Crippen LogP contribution in [0.15, 0.2) is 6.20 Å². The van der Waals surface area contributed by atoms with Crippen LogP contribution in [0, 0.1) is 6.92 Å². The molecule has 0 atom stereocenters. The molecule has 0 saturated carbocycles. The minimum atomic E-state index is -0.372. The van der Waals surface area contributed by atoms with E-state index in [1.165, 1.54) is 6.20 Å². The Morgan fingerprint density at radius 1 is 1.50 bits per heavy atom. The summed E-state index contributed by atoms with van der Waals surface area (Å²) in [6.45, 7) is 6.83. The standard InChI is InChI=1S/C12H17N3O3/c1-3-18-11(16)10-8-13-12(14-9(10)2)15-4-6-17-7-5-15/h8H,3-7H2,1-2H3. The van der Waals surface area contributed by atoms with Crippen LogP contribution in [0.1, 0.15) is 23.0 Å². The van der Waals surface area contributed by atoms with Gasteiger partial charge in [0.05, 0.1) is 31.1 Å². The molecule has 2 rings (SSSR count). The molecule has 1 fully saturated rings. The molecule has 1 aromatic heterocycles. The Morgan fingerprint density at radius 3 is 2.83 bits per heavy atom. The average Bonchev–Trinajstić information content (AvgIpc) is 2.40. The van der Waals surface area contributed by atoms with Gasteiger partial charge in [-0.05, 0) is 13.8 Å². The van der Waals surface area contributed by atoms with Crippen LogP contribution in [0.4, 0.5) is 5.95 Å². The Balaban J connectivity index is 2.16. The molecule has 1 aromatic rings. The lowest BCUT2D eigenvalue weighted by Crippen LogP contribution is -2.37. The third-order valence-electron chi connectivity index (χ3n) is 2.76. The van der Waals surface area contributed by atoms with Crippen LogP contribution in [0.2, 0.25) is 0 Å². The molecular formula is C12H17N3O3. The summed E-state index contributed by atoms with van der Waals surface area (Å²) in [6, 6.07) is 0. The van der Waals surface area contributed by atoms with Crippen molar-refractivity contribution in [1.82, 2.24) is 9.97 Å². The second-order valence-corrected chi connectivity index (χ2v) is 3.99. The first-order valence-corrected chi connectivity index (χ1v) is 6.06. The molecule has 0 amide bonds. The van der Waals surface area contributed by atoms with Crippen molar-refractivity contribution in [1.29, 1.82) is 0 Å². The van der Waals surface area contributed by atoms with Gasteiger partial charge in [0.15, 0.2) is 0 Å². The van der Waals surface area contributed by atoms with Gasteiger partial charge in [-0.1, -0.05) is 0 Å². The maximum Gasteiger partial charge on any atom is 0.341 e. The third-order valence-corrected chi connectivity index (χ3v) is 2.76. The zero-order valence-corrected chi connectivity index (χ0v) is 10.7. The van der Waals surface area contributed by atoms with Crippen molar-refractivity contribution in [3.8, 4) is 0 Å². The predicted molar refractivity (Wildman–Crippen MR) is 65.8 cm³/mol. The van der Waals surface area contributed by atoms with Gasteiger partial charge in [0.2, 0.25) is 5.95 Å². The van der Waals surface area contributed by atoms with E-state index in [0.717, 1.165) is 13.1 Å². The highest BCUT2D eigenvalue weighted by Crippen LogP contribution is 2.13. The number of ether oxygens (including phenoxy) is 2. The number of aryl methyl sites for hydroxylation is 1. The molecule has 0 unspecified atom stereocenters. The number of nitrogens with zero attached hydrogens (tertiary/aromatic N) is 3. The Labute approximate surface area is 106 Å². The first-order chi connectivity index (χ1) is 8.72. The predicted octanol–water partition coefficient (Wildman–Crippen LogP) is 0.798. The van der Waals surface area contributed by atoms with Gasteiger partial charge >= 0.3 is 5.97 Å². The second kappa shape index (κ2) is 5.77. The molecule has 1 aliphatic heterocycles. The Morgan fingerprint density at radius 2 is 2.22 bits per heavy atom. The first-order valence-electron chi connectivity index (χ1n) is 6.06. The van der Waals surface area contributed by atoms with E-state index in [1.807, 2.05) is 4.90 Å².